The molecule has 11 heteroatoms. The van der Waals surface area contributed by atoms with Crippen molar-refractivity contribution >= 4 is 57.0 Å². The third-order valence-corrected chi connectivity index (χ3v) is 5.29. The van der Waals surface area contributed by atoms with E-state index in [4.69, 9.17) is 23.2 Å². The average molecular weight is 467 g/mol. The maximum absolute atomic E-state index is 11.5. The molecular formula is C19H16Cl2N4O4S. The summed E-state index contributed by atoms with van der Waals surface area (Å²) in [6.45, 7) is 0. The summed E-state index contributed by atoms with van der Waals surface area (Å²) in [6.07, 6.45) is -0.218. The lowest BCUT2D eigenvalue weighted by molar-refractivity contribution is -0.385. The van der Waals surface area contributed by atoms with Crippen molar-refractivity contribution in [3.05, 3.63) is 73.6 Å². The summed E-state index contributed by atoms with van der Waals surface area (Å²) in [7, 11) is 0. The van der Waals surface area contributed by atoms with Gasteiger partial charge in [0.05, 0.1) is 20.7 Å². The van der Waals surface area contributed by atoms with E-state index in [0.29, 0.717) is 20.9 Å². The molecule has 0 saturated heterocycles. The van der Waals surface area contributed by atoms with Gasteiger partial charge in [-0.25, -0.2) is 9.78 Å². The number of hydrazone groups is 1. The van der Waals surface area contributed by atoms with E-state index < -0.39 is 10.9 Å². The maximum atomic E-state index is 11.5. The molecule has 8 nitrogen and oxygen atoms in total. The van der Waals surface area contributed by atoms with Gasteiger partial charge >= 0.3 is 5.97 Å². The van der Waals surface area contributed by atoms with E-state index >= 15 is 0 Å². The first-order valence-electron chi connectivity index (χ1n) is 8.04. The Kier molecular flexibility index (Phi) is 7.87. The number of halogens is 2. The number of para-hydroxylation sites is 1. The number of benzene rings is 2. The zero-order valence-electron chi connectivity index (χ0n) is 14.5. The molecule has 0 unspecified atom stereocenters. The van der Waals surface area contributed by atoms with Crippen LogP contribution in [0.2, 0.25) is 10.0 Å². The highest BCUT2D eigenvalue weighted by molar-refractivity contribution is 7.14. The molecule has 0 aliphatic heterocycles. The molecule has 0 bridgehead atoms. The number of nitrogens with zero attached hydrogens (tertiary/aromatic N) is 3. The van der Waals surface area contributed by atoms with Crippen LogP contribution in [0, 0.1) is 10.1 Å². The van der Waals surface area contributed by atoms with Crippen molar-refractivity contribution in [2.24, 2.45) is 5.10 Å². The molecule has 3 rings (SSSR count). The van der Waals surface area contributed by atoms with Gasteiger partial charge in [0.25, 0.3) is 5.69 Å². The van der Waals surface area contributed by atoms with Crippen LogP contribution in [-0.2, 0) is 11.2 Å². The van der Waals surface area contributed by atoms with Gasteiger partial charge in [0.1, 0.15) is 5.71 Å². The van der Waals surface area contributed by atoms with Crippen molar-refractivity contribution in [1.29, 1.82) is 0 Å². The number of aromatic nitrogens is 1. The van der Waals surface area contributed by atoms with Gasteiger partial charge in [-0.1, -0.05) is 54.9 Å². The molecule has 1 aromatic heterocycles. The average Bonchev–Trinajstić information content (AvgIpc) is 3.16. The predicted molar refractivity (Wildman–Crippen MR) is 120 cm³/mol. The number of hydrogen-bond acceptors (Lipinski definition) is 7. The van der Waals surface area contributed by atoms with Crippen LogP contribution in [-0.4, -0.2) is 26.7 Å². The summed E-state index contributed by atoms with van der Waals surface area (Å²) in [6, 6.07) is 11.0. The number of carboxylic acids is 1. The SMILES string of the molecule is C.O=C(O)/C(Cc1ccccc1[N+](=O)[O-])=N/Nc1nc(-c2ccc(Cl)c(Cl)c2)cs1. The van der Waals surface area contributed by atoms with E-state index in [9.17, 15) is 20.0 Å². The monoisotopic (exact) mass is 466 g/mol. The van der Waals surface area contributed by atoms with Gasteiger partial charge in [0, 0.05) is 29.0 Å². The lowest BCUT2D eigenvalue weighted by Gasteiger charge is -2.04. The van der Waals surface area contributed by atoms with Crippen LogP contribution in [0.5, 0.6) is 0 Å². The Hall–Kier alpha value is -3.01. The van der Waals surface area contributed by atoms with Crippen molar-refractivity contribution in [2.75, 3.05) is 5.43 Å². The molecule has 0 saturated carbocycles. The number of anilines is 1. The number of nitrogens with one attached hydrogen (secondary N) is 1. The second-order valence-corrected chi connectivity index (χ2v) is 7.38. The molecule has 1 heterocycles. The Morgan fingerprint density at radius 1 is 1.23 bits per heavy atom. The van der Waals surface area contributed by atoms with E-state index in [1.54, 1.807) is 29.6 Å². The minimum atomic E-state index is -1.29. The molecule has 2 N–H and O–H groups in total. The summed E-state index contributed by atoms with van der Waals surface area (Å²) in [5, 5.41) is 27.3. The molecule has 0 radical (unpaired) electrons. The zero-order chi connectivity index (χ0) is 21.0. The lowest BCUT2D eigenvalue weighted by Crippen LogP contribution is -2.18. The highest BCUT2D eigenvalue weighted by Gasteiger charge is 2.18. The lowest BCUT2D eigenvalue weighted by atomic mass is 10.1. The van der Waals surface area contributed by atoms with Crippen molar-refractivity contribution in [1.82, 2.24) is 4.98 Å². The van der Waals surface area contributed by atoms with Crippen molar-refractivity contribution in [3.63, 3.8) is 0 Å². The number of nitro groups is 1. The Balaban J connectivity index is 0.00000320. The van der Waals surface area contributed by atoms with Crippen molar-refractivity contribution in [2.45, 2.75) is 13.8 Å². The van der Waals surface area contributed by atoms with Gasteiger partial charge in [0.15, 0.2) is 0 Å². The number of nitro benzene ring substituents is 1. The summed E-state index contributed by atoms with van der Waals surface area (Å²) in [5.41, 5.74) is 3.74. The highest BCUT2D eigenvalue weighted by atomic mass is 35.5. The van der Waals surface area contributed by atoms with E-state index in [-0.39, 0.29) is 30.8 Å². The van der Waals surface area contributed by atoms with Gasteiger partial charge in [-0.3, -0.25) is 15.5 Å². The van der Waals surface area contributed by atoms with Crippen LogP contribution in [0.15, 0.2) is 52.9 Å². The quantitative estimate of drug-likeness (QED) is 0.259. The molecular weight excluding hydrogens is 451 g/mol. The standard InChI is InChI=1S/C18H12Cl2N4O4S.CH4/c19-12-6-5-10(7-13(12)20)15-9-29-18(21-15)23-22-14(17(25)26)8-11-3-1-2-4-16(11)24(27)28;/h1-7,9H,8H2,(H,21,23)(H,25,26);1H4/b22-14+;. The number of thiazole rings is 1. The van der Waals surface area contributed by atoms with Crippen LogP contribution in [0.4, 0.5) is 10.8 Å². The molecule has 3 aromatic rings. The van der Waals surface area contributed by atoms with E-state index in [1.807, 2.05) is 0 Å². The van der Waals surface area contributed by atoms with Gasteiger partial charge in [-0.2, -0.15) is 5.10 Å². The first-order chi connectivity index (χ1) is 13.8. The van der Waals surface area contributed by atoms with Crippen molar-refractivity contribution < 1.29 is 14.8 Å². The second-order valence-electron chi connectivity index (χ2n) is 5.70. The minimum Gasteiger partial charge on any atom is -0.477 e. The summed E-state index contributed by atoms with van der Waals surface area (Å²) >= 11 is 13.1. The summed E-state index contributed by atoms with van der Waals surface area (Å²) in [5.74, 6) is -1.29. The van der Waals surface area contributed by atoms with Crippen LogP contribution in [0.3, 0.4) is 0 Å². The van der Waals surface area contributed by atoms with Gasteiger partial charge in [-0.05, 0) is 12.1 Å². The summed E-state index contributed by atoms with van der Waals surface area (Å²) in [4.78, 5) is 26.4. The van der Waals surface area contributed by atoms with Crippen LogP contribution >= 0.6 is 34.5 Å². The fraction of sp³-hybridized carbons (Fsp3) is 0.105. The molecule has 156 valence electrons. The second kappa shape index (κ2) is 10.1. The van der Waals surface area contributed by atoms with Crippen LogP contribution in [0.25, 0.3) is 11.3 Å². The first-order valence-corrected chi connectivity index (χ1v) is 9.68. The van der Waals surface area contributed by atoms with Gasteiger partial charge < -0.3 is 5.11 Å². The Bertz CT molecular complexity index is 1120. The van der Waals surface area contributed by atoms with E-state index in [2.05, 4.69) is 15.5 Å². The fourth-order valence-electron chi connectivity index (χ4n) is 2.41. The molecule has 0 atom stereocenters. The van der Waals surface area contributed by atoms with Crippen molar-refractivity contribution in [3.8, 4) is 11.3 Å². The molecule has 0 fully saturated rings. The number of aliphatic carboxylic acids is 1. The third kappa shape index (κ3) is 5.53. The molecule has 30 heavy (non-hydrogen) atoms. The van der Waals surface area contributed by atoms with Crippen LogP contribution < -0.4 is 5.43 Å². The smallest absolute Gasteiger partial charge is 0.352 e. The van der Waals surface area contributed by atoms with Gasteiger partial charge in [0.2, 0.25) is 5.13 Å². The number of carboxylic acid groups (broad SMARTS) is 1. The number of carbonyl (C=O) groups is 1. The Labute approximate surface area is 186 Å². The van der Waals surface area contributed by atoms with E-state index in [1.165, 1.54) is 29.5 Å². The number of rotatable bonds is 7. The molecule has 0 aliphatic rings. The largest absolute Gasteiger partial charge is 0.477 e. The molecule has 0 spiro atoms. The Morgan fingerprint density at radius 3 is 2.63 bits per heavy atom. The van der Waals surface area contributed by atoms with Crippen LogP contribution in [0.1, 0.15) is 13.0 Å². The maximum Gasteiger partial charge on any atom is 0.352 e. The van der Waals surface area contributed by atoms with E-state index in [0.717, 1.165) is 5.56 Å². The Morgan fingerprint density at radius 2 is 1.97 bits per heavy atom. The first kappa shape index (κ1) is 23.3. The normalized spacial score (nSPS) is 10.9. The predicted octanol–water partition coefficient (Wildman–Crippen LogP) is 5.76. The highest BCUT2D eigenvalue weighted by Crippen LogP contribution is 2.30. The third-order valence-electron chi connectivity index (χ3n) is 3.80. The fourth-order valence-corrected chi connectivity index (χ4v) is 3.37. The molecule has 0 amide bonds. The zero-order valence-corrected chi connectivity index (χ0v) is 16.8. The minimum absolute atomic E-state index is 0. The van der Waals surface area contributed by atoms with Gasteiger partial charge in [-0.15, -0.1) is 11.3 Å². The summed E-state index contributed by atoms with van der Waals surface area (Å²) < 4.78 is 0. The molecule has 0 aliphatic carbocycles. The number of hydrogen-bond donors (Lipinski definition) is 2. The topological polar surface area (TPSA) is 118 Å². The molecule has 2 aromatic carbocycles.